The molecule has 28 heavy (non-hydrogen) atoms. The molecule has 2 heterocycles. The molecule has 1 aliphatic heterocycles. The molecule has 2 aromatic rings. The Balaban J connectivity index is 1.42. The Morgan fingerprint density at radius 3 is 2.57 bits per heavy atom. The number of piperidine rings is 1. The summed E-state index contributed by atoms with van der Waals surface area (Å²) in [5, 5.41) is 2.63. The highest BCUT2D eigenvalue weighted by Gasteiger charge is 2.33. The van der Waals surface area contributed by atoms with Crippen molar-refractivity contribution < 1.29 is 22.7 Å². The molecule has 1 fully saturated rings. The van der Waals surface area contributed by atoms with Gasteiger partial charge in [-0.3, -0.25) is 4.79 Å². The normalized spacial score (nSPS) is 16.1. The van der Waals surface area contributed by atoms with Crippen LogP contribution in [0.5, 0.6) is 5.75 Å². The van der Waals surface area contributed by atoms with Gasteiger partial charge in [0.15, 0.2) is 0 Å². The fraction of sp³-hybridized carbons (Fsp3) is 0.389. The molecule has 0 amide bonds. The molecule has 0 bridgehead atoms. The third-order valence-corrected chi connectivity index (χ3v) is 8.16. The van der Waals surface area contributed by atoms with Crippen molar-refractivity contribution in [1.82, 2.24) is 4.31 Å². The lowest BCUT2D eigenvalue weighted by Crippen LogP contribution is -2.40. The van der Waals surface area contributed by atoms with E-state index in [1.807, 2.05) is 0 Å². The summed E-state index contributed by atoms with van der Waals surface area (Å²) >= 11 is 13.0. The molecule has 0 radical (unpaired) electrons. The quantitative estimate of drug-likeness (QED) is 0.456. The minimum Gasteiger partial charge on any atom is -0.488 e. The first-order valence-electron chi connectivity index (χ1n) is 8.66. The highest BCUT2D eigenvalue weighted by molar-refractivity contribution is 7.91. The van der Waals surface area contributed by atoms with Crippen LogP contribution in [0.4, 0.5) is 0 Å². The van der Waals surface area contributed by atoms with Gasteiger partial charge in [0, 0.05) is 18.1 Å². The Labute approximate surface area is 178 Å². The van der Waals surface area contributed by atoms with Crippen LogP contribution >= 0.6 is 34.5 Å². The standard InChI is InChI=1S/C18H19Cl2NO5S2/c19-14-3-4-16(15(20)12-14)25-9-10-26-18(22)13-5-7-21(8-6-13)28(23,24)17-2-1-11-27-17/h1-4,11-13H,5-10H2. The molecule has 0 spiro atoms. The molecule has 0 saturated carbocycles. The van der Waals surface area contributed by atoms with Crippen LogP contribution in [-0.4, -0.2) is 45.0 Å². The van der Waals surface area contributed by atoms with Crippen molar-refractivity contribution in [3.05, 3.63) is 45.8 Å². The van der Waals surface area contributed by atoms with Crippen molar-refractivity contribution in [2.24, 2.45) is 5.92 Å². The van der Waals surface area contributed by atoms with Crippen LogP contribution in [-0.2, 0) is 19.6 Å². The third-order valence-electron chi connectivity index (χ3n) is 4.36. The van der Waals surface area contributed by atoms with Gasteiger partial charge in [-0.2, -0.15) is 4.31 Å². The summed E-state index contributed by atoms with van der Waals surface area (Å²) in [5.41, 5.74) is 0. The molecule has 0 unspecified atom stereocenters. The van der Waals surface area contributed by atoms with Crippen molar-refractivity contribution in [2.45, 2.75) is 17.1 Å². The second-order valence-corrected chi connectivity index (χ2v) is 10.2. The Bertz CT molecular complexity index is 910. The number of hydrogen-bond acceptors (Lipinski definition) is 6. The summed E-state index contributed by atoms with van der Waals surface area (Å²) in [5.74, 6) is -0.179. The zero-order chi connectivity index (χ0) is 20.1. The molecular formula is C18H19Cl2NO5S2. The van der Waals surface area contributed by atoms with E-state index in [0.717, 1.165) is 0 Å². The molecule has 1 aromatic heterocycles. The van der Waals surface area contributed by atoms with E-state index in [0.29, 0.717) is 45.9 Å². The second kappa shape index (κ2) is 9.45. The number of hydrogen-bond donors (Lipinski definition) is 0. The fourth-order valence-corrected chi connectivity index (χ4v) is 5.95. The van der Waals surface area contributed by atoms with E-state index < -0.39 is 10.0 Å². The first-order chi connectivity index (χ1) is 13.4. The maximum absolute atomic E-state index is 12.5. The molecule has 152 valence electrons. The number of carbonyl (C=O) groups is 1. The molecule has 0 N–H and O–H groups in total. The highest BCUT2D eigenvalue weighted by atomic mass is 35.5. The fourth-order valence-electron chi connectivity index (χ4n) is 2.87. The lowest BCUT2D eigenvalue weighted by molar-refractivity contribution is -0.150. The molecule has 1 saturated heterocycles. The van der Waals surface area contributed by atoms with E-state index in [2.05, 4.69) is 0 Å². The summed E-state index contributed by atoms with van der Waals surface area (Å²) in [4.78, 5) is 12.2. The Morgan fingerprint density at radius 2 is 1.93 bits per heavy atom. The first-order valence-corrected chi connectivity index (χ1v) is 11.7. The monoisotopic (exact) mass is 463 g/mol. The summed E-state index contributed by atoms with van der Waals surface area (Å²) in [6.07, 6.45) is 0.876. The predicted molar refractivity (Wildman–Crippen MR) is 109 cm³/mol. The minimum absolute atomic E-state index is 0.0888. The topological polar surface area (TPSA) is 72.9 Å². The van der Waals surface area contributed by atoms with Gasteiger partial charge in [0.25, 0.3) is 10.0 Å². The van der Waals surface area contributed by atoms with Gasteiger partial charge in [0.1, 0.15) is 23.2 Å². The number of ether oxygens (including phenoxy) is 2. The van der Waals surface area contributed by atoms with E-state index in [9.17, 15) is 13.2 Å². The van der Waals surface area contributed by atoms with Gasteiger partial charge < -0.3 is 9.47 Å². The van der Waals surface area contributed by atoms with Gasteiger partial charge in [-0.15, -0.1) is 11.3 Å². The van der Waals surface area contributed by atoms with E-state index in [-0.39, 0.29) is 25.1 Å². The number of thiophene rings is 1. The van der Waals surface area contributed by atoms with E-state index in [4.69, 9.17) is 32.7 Å². The van der Waals surface area contributed by atoms with Crippen LogP contribution in [0.3, 0.4) is 0 Å². The predicted octanol–water partition coefficient (Wildman–Crippen LogP) is 4.08. The average Bonchev–Trinajstić information content (AvgIpc) is 3.22. The van der Waals surface area contributed by atoms with Crippen molar-refractivity contribution in [3.8, 4) is 5.75 Å². The highest BCUT2D eigenvalue weighted by Crippen LogP contribution is 2.28. The van der Waals surface area contributed by atoms with E-state index >= 15 is 0 Å². The molecular weight excluding hydrogens is 445 g/mol. The van der Waals surface area contributed by atoms with Crippen molar-refractivity contribution in [1.29, 1.82) is 0 Å². The van der Waals surface area contributed by atoms with Crippen LogP contribution in [0.2, 0.25) is 10.0 Å². The Morgan fingerprint density at radius 1 is 1.18 bits per heavy atom. The zero-order valence-electron chi connectivity index (χ0n) is 14.8. The van der Waals surface area contributed by atoms with Gasteiger partial charge >= 0.3 is 5.97 Å². The molecule has 0 aliphatic carbocycles. The van der Waals surface area contributed by atoms with Crippen LogP contribution in [0, 0.1) is 5.92 Å². The van der Waals surface area contributed by atoms with Crippen LogP contribution < -0.4 is 4.74 Å². The van der Waals surface area contributed by atoms with Gasteiger partial charge in [0.05, 0.1) is 10.9 Å². The van der Waals surface area contributed by atoms with Crippen LogP contribution in [0.15, 0.2) is 39.9 Å². The maximum atomic E-state index is 12.5. The number of rotatable bonds is 7. The Hall–Kier alpha value is -1.32. The van der Waals surface area contributed by atoms with Gasteiger partial charge in [0.2, 0.25) is 0 Å². The van der Waals surface area contributed by atoms with Crippen molar-refractivity contribution in [3.63, 3.8) is 0 Å². The molecule has 6 nitrogen and oxygen atoms in total. The lowest BCUT2D eigenvalue weighted by atomic mass is 9.98. The number of esters is 1. The van der Waals surface area contributed by atoms with Gasteiger partial charge in [-0.05, 0) is 42.5 Å². The van der Waals surface area contributed by atoms with Crippen molar-refractivity contribution >= 4 is 50.5 Å². The van der Waals surface area contributed by atoms with E-state index in [1.54, 1.807) is 35.7 Å². The molecule has 0 atom stereocenters. The smallest absolute Gasteiger partial charge is 0.309 e. The number of nitrogens with zero attached hydrogens (tertiary/aromatic N) is 1. The van der Waals surface area contributed by atoms with E-state index in [1.165, 1.54) is 15.6 Å². The van der Waals surface area contributed by atoms with Gasteiger partial charge in [-0.1, -0.05) is 29.3 Å². The zero-order valence-corrected chi connectivity index (χ0v) is 18.0. The summed E-state index contributed by atoms with van der Waals surface area (Å²) in [6.45, 7) is 0.859. The Kier molecular flexibility index (Phi) is 7.22. The maximum Gasteiger partial charge on any atom is 0.309 e. The summed E-state index contributed by atoms with van der Waals surface area (Å²) in [7, 11) is -3.47. The molecule has 1 aliphatic rings. The largest absolute Gasteiger partial charge is 0.488 e. The molecule has 1 aromatic carbocycles. The number of benzene rings is 1. The number of halogens is 2. The lowest BCUT2D eigenvalue weighted by Gasteiger charge is -2.29. The SMILES string of the molecule is O=C(OCCOc1ccc(Cl)cc1Cl)C1CCN(S(=O)(=O)c2cccs2)CC1. The summed E-state index contributed by atoms with van der Waals surface area (Å²) in [6, 6.07) is 8.18. The van der Waals surface area contributed by atoms with Crippen molar-refractivity contribution in [2.75, 3.05) is 26.3 Å². The second-order valence-electron chi connectivity index (χ2n) is 6.20. The third kappa shape index (κ3) is 5.18. The number of sulfonamides is 1. The molecule has 10 heteroatoms. The number of carbonyl (C=O) groups excluding carboxylic acids is 1. The minimum atomic E-state index is -3.47. The average molecular weight is 464 g/mol. The first kappa shape index (κ1) is 21.4. The van der Waals surface area contributed by atoms with Gasteiger partial charge in [-0.25, -0.2) is 8.42 Å². The molecule has 3 rings (SSSR count). The van der Waals surface area contributed by atoms with Crippen LogP contribution in [0.1, 0.15) is 12.8 Å². The van der Waals surface area contributed by atoms with Crippen LogP contribution in [0.25, 0.3) is 0 Å². The summed E-state index contributed by atoms with van der Waals surface area (Å²) < 4.78 is 37.5.